The fraction of sp³-hybridized carbons (Fsp3) is 0.345. The van der Waals surface area contributed by atoms with E-state index in [0.29, 0.717) is 11.1 Å². The van der Waals surface area contributed by atoms with E-state index in [1.807, 2.05) is 0 Å². The van der Waals surface area contributed by atoms with Gasteiger partial charge in [-0.15, -0.1) is 23.2 Å². The third-order valence-electron chi connectivity index (χ3n) is 8.89. The van der Waals surface area contributed by atoms with E-state index in [4.69, 9.17) is 27.9 Å². The van der Waals surface area contributed by atoms with E-state index in [-0.39, 0.29) is 41.0 Å². The molecule has 2 N–H and O–H groups in total. The number of methoxy groups -OCH3 is 1. The zero-order chi connectivity index (χ0) is 30.3. The van der Waals surface area contributed by atoms with Crippen LogP contribution in [0, 0.1) is 17.8 Å². The standard InChI is InChI=1S/C29H23BrCl2N2O8/c1-42-20-10-15(35)5-6-17(20)22-16-7-8-18-21(19(16)11-28(31)26(40)33(12-30)27(41)29(22,28)32)24(37)34(23(18)36)14-4-2-3-13(9-14)25(38)39/h2-7,9-10,18-19,21-22,35H,8,11-12H2,1H3,(H,38,39). The van der Waals surface area contributed by atoms with Gasteiger partial charge in [-0.2, -0.15) is 0 Å². The van der Waals surface area contributed by atoms with E-state index in [9.17, 15) is 34.2 Å². The summed E-state index contributed by atoms with van der Waals surface area (Å²) in [6, 6.07) is 9.84. The van der Waals surface area contributed by atoms with Gasteiger partial charge in [-0.3, -0.25) is 29.0 Å². The summed E-state index contributed by atoms with van der Waals surface area (Å²) >= 11 is 17.6. The molecule has 218 valence electrons. The third-order valence-corrected chi connectivity index (χ3v) is 10.8. The Bertz CT molecular complexity index is 1630. The van der Waals surface area contributed by atoms with Crippen LogP contribution in [0.25, 0.3) is 0 Å². The predicted octanol–water partition coefficient (Wildman–Crippen LogP) is 4.01. The molecule has 0 spiro atoms. The summed E-state index contributed by atoms with van der Waals surface area (Å²) in [7, 11) is 1.38. The number of likely N-dealkylation sites (tertiary alicyclic amines) is 1. The van der Waals surface area contributed by atoms with E-state index in [1.165, 1.54) is 49.6 Å². The smallest absolute Gasteiger partial charge is 0.335 e. The fourth-order valence-corrected chi connectivity index (χ4v) is 8.49. The number of hydrogen-bond acceptors (Lipinski definition) is 7. The number of alkyl halides is 3. The first kappa shape index (κ1) is 28.7. The van der Waals surface area contributed by atoms with Crippen molar-refractivity contribution in [3.05, 3.63) is 65.2 Å². The second-order valence-electron chi connectivity index (χ2n) is 10.8. The van der Waals surface area contributed by atoms with Gasteiger partial charge in [-0.25, -0.2) is 4.79 Å². The number of rotatable bonds is 5. The fourth-order valence-electron chi connectivity index (χ4n) is 7.07. The maximum absolute atomic E-state index is 14.1. The predicted molar refractivity (Wildman–Crippen MR) is 154 cm³/mol. The summed E-state index contributed by atoms with van der Waals surface area (Å²) in [5.41, 5.74) is 0.818. The average molecular weight is 678 g/mol. The number of carbonyl (C=O) groups excluding carboxylic acids is 4. The zero-order valence-corrected chi connectivity index (χ0v) is 25.0. The number of fused-ring (bicyclic) bond motifs is 4. The Morgan fingerprint density at radius 3 is 2.48 bits per heavy atom. The SMILES string of the molecule is COc1cc(O)ccc1C1C2=CCC3C(=O)N(c4cccc(C(=O)O)c4)C(=O)C3C2CC2(Cl)C(=O)N(CBr)C(=O)C12Cl. The van der Waals surface area contributed by atoms with Gasteiger partial charge in [0, 0.05) is 17.5 Å². The first-order chi connectivity index (χ1) is 19.9. The van der Waals surface area contributed by atoms with Crippen LogP contribution in [0.5, 0.6) is 11.5 Å². The van der Waals surface area contributed by atoms with Crippen LogP contribution in [0.15, 0.2) is 54.1 Å². The molecule has 2 aliphatic heterocycles. The van der Waals surface area contributed by atoms with E-state index >= 15 is 0 Å². The van der Waals surface area contributed by atoms with Gasteiger partial charge in [0.2, 0.25) is 11.8 Å². The number of carboxylic acid groups (broad SMARTS) is 1. The lowest BCUT2D eigenvalue weighted by Crippen LogP contribution is -2.60. The van der Waals surface area contributed by atoms with Crippen LogP contribution < -0.4 is 9.64 Å². The lowest BCUT2D eigenvalue weighted by molar-refractivity contribution is -0.138. The second-order valence-corrected chi connectivity index (χ2v) is 12.5. The van der Waals surface area contributed by atoms with E-state index < -0.39 is 63.0 Å². The number of carbonyl (C=O) groups is 5. The van der Waals surface area contributed by atoms with Crippen molar-refractivity contribution in [2.75, 3.05) is 17.5 Å². The Kier molecular flexibility index (Phi) is 6.71. The number of carboxylic acids is 1. The number of benzene rings is 2. The Morgan fingerprint density at radius 1 is 1.07 bits per heavy atom. The Labute approximate surface area is 257 Å². The van der Waals surface area contributed by atoms with Crippen LogP contribution in [0.3, 0.4) is 0 Å². The number of allylic oxidation sites excluding steroid dienone is 2. The molecule has 6 rings (SSSR count). The highest BCUT2D eigenvalue weighted by Crippen LogP contribution is 2.66. The van der Waals surface area contributed by atoms with Crippen LogP contribution in [0.2, 0.25) is 0 Å². The molecule has 10 nitrogen and oxygen atoms in total. The number of aromatic hydroxyl groups is 1. The molecule has 0 aromatic heterocycles. The van der Waals surface area contributed by atoms with Crippen LogP contribution in [0.4, 0.5) is 5.69 Å². The minimum atomic E-state index is -2.01. The number of nitrogens with zero attached hydrogens (tertiary/aromatic N) is 2. The quantitative estimate of drug-likeness (QED) is 0.209. The van der Waals surface area contributed by atoms with Crippen molar-refractivity contribution in [2.24, 2.45) is 17.8 Å². The van der Waals surface area contributed by atoms with Crippen LogP contribution in [0.1, 0.15) is 34.7 Å². The summed E-state index contributed by atoms with van der Waals surface area (Å²) in [6.07, 6.45) is 1.72. The van der Waals surface area contributed by atoms with Crippen LogP contribution in [-0.4, -0.2) is 67.0 Å². The molecule has 0 radical (unpaired) electrons. The summed E-state index contributed by atoms with van der Waals surface area (Å²) in [6.45, 7) is 0. The van der Waals surface area contributed by atoms with Gasteiger partial charge in [-0.05, 0) is 43.0 Å². The van der Waals surface area contributed by atoms with Crippen molar-refractivity contribution in [2.45, 2.75) is 28.5 Å². The van der Waals surface area contributed by atoms with Gasteiger partial charge in [0.25, 0.3) is 11.8 Å². The van der Waals surface area contributed by atoms with E-state index in [0.717, 1.165) is 9.80 Å². The number of hydrogen-bond donors (Lipinski definition) is 2. The second kappa shape index (κ2) is 9.82. The van der Waals surface area contributed by atoms with Crippen molar-refractivity contribution in [1.82, 2.24) is 4.90 Å². The summed E-state index contributed by atoms with van der Waals surface area (Å²) in [5, 5.41) is 19.6. The van der Waals surface area contributed by atoms with Crippen LogP contribution >= 0.6 is 39.1 Å². The van der Waals surface area contributed by atoms with Gasteiger partial charge in [0.1, 0.15) is 11.5 Å². The molecule has 6 unspecified atom stereocenters. The Hall–Kier alpha value is -3.41. The molecule has 4 aliphatic rings. The molecule has 2 saturated heterocycles. The summed E-state index contributed by atoms with van der Waals surface area (Å²) in [5.74, 6) is -7.20. The number of imide groups is 2. The minimum Gasteiger partial charge on any atom is -0.508 e. The van der Waals surface area contributed by atoms with E-state index in [1.54, 1.807) is 6.08 Å². The molecule has 1 saturated carbocycles. The number of phenols is 1. The summed E-state index contributed by atoms with van der Waals surface area (Å²) < 4.78 is 5.55. The Morgan fingerprint density at radius 2 is 1.81 bits per heavy atom. The van der Waals surface area contributed by atoms with Crippen LogP contribution in [-0.2, 0) is 19.2 Å². The number of halogens is 3. The third kappa shape index (κ3) is 3.66. The lowest BCUT2D eigenvalue weighted by atomic mass is 9.56. The first-order valence-corrected chi connectivity index (χ1v) is 14.9. The number of amides is 4. The van der Waals surface area contributed by atoms with Gasteiger partial charge in [0.05, 0.1) is 35.7 Å². The molecule has 13 heteroatoms. The van der Waals surface area contributed by atoms with Gasteiger partial charge < -0.3 is 14.9 Å². The molecular formula is C29H23BrCl2N2O8. The Balaban J connectivity index is 1.52. The molecule has 2 aliphatic carbocycles. The normalized spacial score (nSPS) is 32.0. The molecule has 0 bridgehead atoms. The highest BCUT2D eigenvalue weighted by atomic mass is 79.9. The number of anilines is 1. The zero-order valence-electron chi connectivity index (χ0n) is 21.9. The maximum atomic E-state index is 14.1. The lowest BCUT2D eigenvalue weighted by Gasteiger charge is -2.50. The average Bonchev–Trinajstić information content (AvgIpc) is 3.31. The van der Waals surface area contributed by atoms with Crippen molar-refractivity contribution >= 4 is 74.4 Å². The first-order valence-electron chi connectivity index (χ1n) is 13.0. The van der Waals surface area contributed by atoms with Gasteiger partial charge in [0.15, 0.2) is 9.75 Å². The van der Waals surface area contributed by atoms with E-state index in [2.05, 4.69) is 15.9 Å². The summed E-state index contributed by atoms with van der Waals surface area (Å²) in [4.78, 5) is 64.8. The van der Waals surface area contributed by atoms with Crippen molar-refractivity contribution in [1.29, 1.82) is 0 Å². The van der Waals surface area contributed by atoms with Crippen molar-refractivity contribution in [3.63, 3.8) is 0 Å². The van der Waals surface area contributed by atoms with Gasteiger partial charge >= 0.3 is 5.97 Å². The molecule has 6 atom stereocenters. The highest BCUT2D eigenvalue weighted by molar-refractivity contribution is 9.09. The van der Waals surface area contributed by atoms with Gasteiger partial charge in [-0.1, -0.05) is 39.7 Å². The molecule has 2 aromatic carbocycles. The minimum absolute atomic E-state index is 0.0875. The molecular weight excluding hydrogens is 655 g/mol. The monoisotopic (exact) mass is 676 g/mol. The topological polar surface area (TPSA) is 142 Å². The number of ether oxygens (including phenoxy) is 1. The van der Waals surface area contributed by atoms with Crippen molar-refractivity contribution in [3.8, 4) is 11.5 Å². The molecule has 2 aromatic rings. The number of phenolic OH excluding ortho intramolecular Hbond substituents is 1. The molecule has 42 heavy (non-hydrogen) atoms. The largest absolute Gasteiger partial charge is 0.508 e. The molecule has 3 fully saturated rings. The highest BCUT2D eigenvalue weighted by Gasteiger charge is 2.76. The molecule has 4 amide bonds. The van der Waals surface area contributed by atoms with Crippen molar-refractivity contribution < 1.29 is 38.9 Å². The maximum Gasteiger partial charge on any atom is 0.335 e. The molecule has 2 heterocycles. The number of aromatic carboxylic acids is 1.